The minimum atomic E-state index is -1.13. The lowest BCUT2D eigenvalue weighted by atomic mass is 10.2. The van der Waals surface area contributed by atoms with Crippen LogP contribution in [0.15, 0.2) is 59.1 Å². The van der Waals surface area contributed by atoms with Crippen LogP contribution in [-0.2, 0) is 6.54 Å². The zero-order valence-electron chi connectivity index (χ0n) is 14.7. The number of carbonyl (C=O) groups is 1. The maximum atomic E-state index is 11.0. The van der Waals surface area contributed by atoms with Crippen LogP contribution in [0.1, 0.15) is 16.1 Å². The normalized spacial score (nSPS) is 10.8. The van der Waals surface area contributed by atoms with E-state index >= 15 is 0 Å². The zero-order chi connectivity index (χ0) is 20.4. The average Bonchev–Trinajstić information content (AvgIpc) is 3.09. The van der Waals surface area contributed by atoms with Gasteiger partial charge >= 0.3 is 5.97 Å². The Morgan fingerprint density at radius 2 is 1.93 bits per heavy atom. The molecule has 2 heterocycles. The van der Waals surface area contributed by atoms with Crippen LogP contribution < -0.4 is 10.1 Å². The highest BCUT2D eigenvalue weighted by Crippen LogP contribution is 2.28. The molecule has 0 fully saturated rings. The third-order valence-corrected chi connectivity index (χ3v) is 4.58. The van der Waals surface area contributed by atoms with E-state index in [1.807, 2.05) is 6.07 Å². The molecule has 0 aliphatic rings. The molecule has 2 aromatic carbocycles. The molecule has 0 saturated carbocycles. The van der Waals surface area contributed by atoms with E-state index < -0.39 is 5.97 Å². The molecule has 0 spiro atoms. The molecule has 2 N–H and O–H groups in total. The molecule has 29 heavy (non-hydrogen) atoms. The summed E-state index contributed by atoms with van der Waals surface area (Å²) in [5.74, 6) is -0.298. The average molecular weight is 430 g/mol. The van der Waals surface area contributed by atoms with Crippen molar-refractivity contribution in [3.05, 3.63) is 76.0 Å². The van der Waals surface area contributed by atoms with Crippen LogP contribution in [0.25, 0.3) is 11.1 Å². The third-order valence-electron chi connectivity index (χ3n) is 3.99. The van der Waals surface area contributed by atoms with Gasteiger partial charge in [0, 0.05) is 34.9 Å². The number of carboxylic acids is 1. The number of hydrogen-bond donors (Lipinski definition) is 2. The van der Waals surface area contributed by atoms with E-state index in [0.717, 1.165) is 5.56 Å². The van der Waals surface area contributed by atoms with E-state index in [4.69, 9.17) is 37.5 Å². The Bertz CT molecular complexity index is 1210. The molecule has 0 bridgehead atoms. The maximum Gasteiger partial charge on any atom is 0.354 e. The van der Waals surface area contributed by atoms with Gasteiger partial charge in [-0.15, -0.1) is 0 Å². The fourth-order valence-electron chi connectivity index (χ4n) is 2.61. The Kier molecular flexibility index (Phi) is 5.24. The summed E-state index contributed by atoms with van der Waals surface area (Å²) in [6, 6.07) is 13.6. The lowest BCUT2D eigenvalue weighted by Crippen LogP contribution is -2.00. The number of aromatic carboxylic acids is 1. The first-order valence-corrected chi connectivity index (χ1v) is 9.19. The van der Waals surface area contributed by atoms with Gasteiger partial charge in [-0.2, -0.15) is 4.98 Å². The molecule has 0 atom stereocenters. The summed E-state index contributed by atoms with van der Waals surface area (Å²) < 4.78 is 11.4. The molecule has 2 aromatic heterocycles. The highest BCUT2D eigenvalue weighted by molar-refractivity contribution is 6.35. The van der Waals surface area contributed by atoms with Crippen LogP contribution in [0.3, 0.4) is 0 Å². The van der Waals surface area contributed by atoms with Gasteiger partial charge in [-0.1, -0.05) is 29.3 Å². The van der Waals surface area contributed by atoms with Gasteiger partial charge < -0.3 is 19.6 Å². The van der Waals surface area contributed by atoms with Crippen molar-refractivity contribution in [3.63, 3.8) is 0 Å². The number of pyridine rings is 1. The molecular formula is C20H13Cl2N3O4. The number of hydrogen-bond acceptors (Lipinski definition) is 6. The fourth-order valence-corrected chi connectivity index (χ4v) is 3.08. The molecule has 7 nitrogen and oxygen atoms in total. The largest absolute Gasteiger partial charge is 0.477 e. The smallest absolute Gasteiger partial charge is 0.354 e. The van der Waals surface area contributed by atoms with E-state index in [1.54, 1.807) is 36.4 Å². The molecule has 0 unspecified atom stereocenters. The first-order chi connectivity index (χ1) is 14.0. The Labute approximate surface area is 174 Å². The SMILES string of the molecule is O=C(O)c1cc(Oc2ccc3nc(NCc4ccc(Cl)cc4Cl)oc3c2)ccn1. The molecule has 0 saturated heterocycles. The van der Waals surface area contributed by atoms with Crippen molar-refractivity contribution in [2.24, 2.45) is 0 Å². The van der Waals surface area contributed by atoms with Gasteiger partial charge in [-0.3, -0.25) is 0 Å². The number of ether oxygens (including phenoxy) is 1. The minimum absolute atomic E-state index is 0.101. The summed E-state index contributed by atoms with van der Waals surface area (Å²) in [7, 11) is 0. The third kappa shape index (κ3) is 4.42. The number of nitrogens with one attached hydrogen (secondary N) is 1. The van der Waals surface area contributed by atoms with Crippen LogP contribution in [-0.4, -0.2) is 21.0 Å². The van der Waals surface area contributed by atoms with Crippen molar-refractivity contribution in [2.45, 2.75) is 6.54 Å². The second-order valence-electron chi connectivity index (χ2n) is 6.02. The van der Waals surface area contributed by atoms with Crippen molar-refractivity contribution >= 4 is 46.3 Å². The summed E-state index contributed by atoms with van der Waals surface area (Å²) >= 11 is 12.1. The van der Waals surface area contributed by atoms with Crippen molar-refractivity contribution in [3.8, 4) is 11.5 Å². The molecule has 0 amide bonds. The number of nitrogens with zero attached hydrogens (tertiary/aromatic N) is 2. The summed E-state index contributed by atoms with van der Waals surface area (Å²) in [6.07, 6.45) is 1.37. The van der Waals surface area contributed by atoms with Crippen LogP contribution in [0.5, 0.6) is 11.5 Å². The van der Waals surface area contributed by atoms with Gasteiger partial charge in [-0.05, 0) is 35.9 Å². The molecule has 4 aromatic rings. The van der Waals surface area contributed by atoms with Gasteiger partial charge in [0.15, 0.2) is 11.3 Å². The standard InChI is InChI=1S/C20H13Cl2N3O4/c21-12-2-1-11(15(22)7-12)10-24-20-25-16-4-3-13(9-18(16)29-20)28-14-5-6-23-17(8-14)19(26)27/h1-9H,10H2,(H,24,25)(H,26,27). The van der Waals surface area contributed by atoms with E-state index in [1.165, 1.54) is 12.3 Å². The second-order valence-corrected chi connectivity index (χ2v) is 6.87. The van der Waals surface area contributed by atoms with E-state index in [9.17, 15) is 4.79 Å². The molecule has 146 valence electrons. The number of rotatable bonds is 6. The topological polar surface area (TPSA) is 97.5 Å². The maximum absolute atomic E-state index is 11.0. The minimum Gasteiger partial charge on any atom is -0.477 e. The quantitative estimate of drug-likeness (QED) is 0.409. The monoisotopic (exact) mass is 429 g/mol. The van der Waals surface area contributed by atoms with Crippen LogP contribution >= 0.6 is 23.2 Å². The molecule has 0 radical (unpaired) electrons. The molecular weight excluding hydrogens is 417 g/mol. The zero-order valence-corrected chi connectivity index (χ0v) is 16.2. The molecule has 0 aliphatic carbocycles. The number of anilines is 1. The van der Waals surface area contributed by atoms with E-state index in [-0.39, 0.29) is 5.69 Å². The molecule has 0 aliphatic heterocycles. The Balaban J connectivity index is 1.50. The van der Waals surface area contributed by atoms with E-state index in [2.05, 4.69) is 15.3 Å². The van der Waals surface area contributed by atoms with Gasteiger partial charge in [-0.25, -0.2) is 9.78 Å². The highest BCUT2D eigenvalue weighted by atomic mass is 35.5. The van der Waals surface area contributed by atoms with Crippen molar-refractivity contribution < 1.29 is 19.1 Å². The van der Waals surface area contributed by atoms with Gasteiger partial charge in [0.1, 0.15) is 17.0 Å². The fraction of sp³-hybridized carbons (Fsp3) is 0.0500. The molecule has 9 heteroatoms. The Hall–Kier alpha value is -3.29. The van der Waals surface area contributed by atoms with Gasteiger partial charge in [0.25, 0.3) is 6.01 Å². The Morgan fingerprint density at radius 3 is 2.72 bits per heavy atom. The highest BCUT2D eigenvalue weighted by Gasteiger charge is 2.10. The number of halogens is 2. The summed E-state index contributed by atoms with van der Waals surface area (Å²) in [4.78, 5) is 19.1. The lowest BCUT2D eigenvalue weighted by Gasteiger charge is -2.05. The van der Waals surface area contributed by atoms with Crippen LogP contribution in [0.4, 0.5) is 6.01 Å². The number of oxazole rings is 1. The van der Waals surface area contributed by atoms with E-state index in [0.29, 0.717) is 45.2 Å². The number of fused-ring (bicyclic) bond motifs is 1. The summed E-state index contributed by atoms with van der Waals surface area (Å²) in [5.41, 5.74) is 1.91. The van der Waals surface area contributed by atoms with Crippen molar-refractivity contribution in [1.82, 2.24) is 9.97 Å². The van der Waals surface area contributed by atoms with Crippen molar-refractivity contribution in [2.75, 3.05) is 5.32 Å². The van der Waals surface area contributed by atoms with Gasteiger partial charge in [0.2, 0.25) is 0 Å². The van der Waals surface area contributed by atoms with Crippen LogP contribution in [0.2, 0.25) is 10.0 Å². The lowest BCUT2D eigenvalue weighted by molar-refractivity contribution is 0.0690. The predicted octanol–water partition coefficient (Wildman–Crippen LogP) is 5.63. The second kappa shape index (κ2) is 7.98. The first-order valence-electron chi connectivity index (χ1n) is 8.43. The number of carboxylic acid groups (broad SMARTS) is 1. The van der Waals surface area contributed by atoms with Gasteiger partial charge in [0.05, 0.1) is 0 Å². The summed E-state index contributed by atoms with van der Waals surface area (Å²) in [5, 5.41) is 13.2. The van der Waals surface area contributed by atoms with Crippen molar-refractivity contribution in [1.29, 1.82) is 0 Å². The predicted molar refractivity (Wildman–Crippen MR) is 109 cm³/mol. The number of aromatic nitrogens is 2. The molecule has 4 rings (SSSR count). The van der Waals surface area contributed by atoms with Crippen LogP contribution in [0, 0.1) is 0 Å². The number of benzene rings is 2. The summed E-state index contributed by atoms with van der Waals surface area (Å²) in [6.45, 7) is 0.418. The Morgan fingerprint density at radius 1 is 1.10 bits per heavy atom. The first kappa shape index (κ1) is 19.0.